The first-order valence-electron chi connectivity index (χ1n) is 9.46. The normalized spacial score (nSPS) is 19.0. The van der Waals surface area contributed by atoms with Gasteiger partial charge in [-0.1, -0.05) is 13.8 Å². The topological polar surface area (TPSA) is 74.2 Å². The minimum atomic E-state index is 0.170. The summed E-state index contributed by atoms with van der Waals surface area (Å²) in [6, 6.07) is 3.92. The van der Waals surface area contributed by atoms with Gasteiger partial charge in [0.15, 0.2) is 0 Å². The van der Waals surface area contributed by atoms with E-state index in [2.05, 4.69) is 28.8 Å². The van der Waals surface area contributed by atoms with Crippen LogP contribution in [0.3, 0.4) is 0 Å². The molecule has 2 aromatic rings. The summed E-state index contributed by atoms with van der Waals surface area (Å²) in [4.78, 5) is 25.0. The maximum Gasteiger partial charge on any atom is 0.220 e. The Balaban J connectivity index is 1.68. The van der Waals surface area contributed by atoms with Gasteiger partial charge in [-0.3, -0.25) is 9.78 Å². The molecule has 0 amide bonds. The van der Waals surface area contributed by atoms with Gasteiger partial charge in [0, 0.05) is 36.2 Å². The summed E-state index contributed by atoms with van der Waals surface area (Å²) in [5.41, 5.74) is 1.96. The van der Waals surface area contributed by atoms with E-state index in [9.17, 15) is 4.79 Å². The van der Waals surface area contributed by atoms with Gasteiger partial charge in [0.1, 0.15) is 17.4 Å². The zero-order valence-corrected chi connectivity index (χ0v) is 16.4. The molecule has 1 fully saturated rings. The number of methoxy groups -OCH3 is 1. The second-order valence-corrected chi connectivity index (χ2v) is 7.36. The largest absolute Gasteiger partial charge is 0.495 e. The molecule has 6 nitrogen and oxygen atoms in total. The molecular weight excluding hydrogens is 342 g/mol. The lowest BCUT2D eigenvalue weighted by Crippen LogP contribution is -2.18. The standard InChI is InChI=1S/C21H27N3O3/c1-13(14(2)20-8-7-18(26-4)10-23-20)12-27-21-19(11-22-15(3)24-21)16-5-6-17(25)9-16/h7-8,10-11,13-14,16H,5-6,9,12H2,1-4H3/t13?,14-,16?/m0/s1. The lowest BCUT2D eigenvalue weighted by molar-refractivity contribution is -0.117. The Morgan fingerprint density at radius 2 is 2.04 bits per heavy atom. The molecule has 0 radical (unpaired) electrons. The number of carbonyl (C=O) groups is 1. The van der Waals surface area contributed by atoms with Crippen LogP contribution in [0.4, 0.5) is 0 Å². The molecule has 27 heavy (non-hydrogen) atoms. The fraction of sp³-hybridized carbons (Fsp3) is 0.524. The average molecular weight is 369 g/mol. The Kier molecular flexibility index (Phi) is 6.04. The average Bonchev–Trinajstić information content (AvgIpc) is 3.11. The number of ketones is 1. The maximum atomic E-state index is 11.7. The molecule has 0 saturated heterocycles. The number of nitrogens with zero attached hydrogens (tertiary/aromatic N) is 3. The van der Waals surface area contributed by atoms with E-state index in [-0.39, 0.29) is 17.8 Å². The van der Waals surface area contributed by atoms with Crippen molar-refractivity contribution in [3.8, 4) is 11.6 Å². The fourth-order valence-corrected chi connectivity index (χ4v) is 3.36. The molecule has 6 heteroatoms. The first-order chi connectivity index (χ1) is 13.0. The van der Waals surface area contributed by atoms with Gasteiger partial charge in [0.05, 0.1) is 19.9 Å². The number of ether oxygens (including phenoxy) is 2. The molecule has 144 valence electrons. The second kappa shape index (κ2) is 8.46. The molecule has 2 unspecified atom stereocenters. The lowest BCUT2D eigenvalue weighted by Gasteiger charge is -2.21. The molecule has 1 aliphatic carbocycles. The monoisotopic (exact) mass is 369 g/mol. The van der Waals surface area contributed by atoms with Gasteiger partial charge < -0.3 is 9.47 Å². The SMILES string of the molecule is COc1ccc([C@@H](C)C(C)COc2nc(C)ncc2C2CCC(=O)C2)nc1. The molecular formula is C21H27N3O3. The number of pyridine rings is 1. The van der Waals surface area contributed by atoms with E-state index in [0.717, 1.165) is 23.4 Å². The van der Waals surface area contributed by atoms with Gasteiger partial charge in [-0.15, -0.1) is 0 Å². The summed E-state index contributed by atoms with van der Waals surface area (Å²) >= 11 is 0. The summed E-state index contributed by atoms with van der Waals surface area (Å²) in [6.07, 6.45) is 5.60. The van der Waals surface area contributed by atoms with Crippen molar-refractivity contribution in [1.82, 2.24) is 15.0 Å². The minimum Gasteiger partial charge on any atom is -0.495 e. The predicted octanol–water partition coefficient (Wildman–Crippen LogP) is 3.84. The Hall–Kier alpha value is -2.50. The Morgan fingerprint density at radius 1 is 1.22 bits per heavy atom. The number of Topliss-reactive ketones (excluding diaryl/α,β-unsaturated/α-hetero) is 1. The van der Waals surface area contributed by atoms with Crippen molar-refractivity contribution >= 4 is 5.78 Å². The van der Waals surface area contributed by atoms with Crippen LogP contribution >= 0.6 is 0 Å². The van der Waals surface area contributed by atoms with Crippen LogP contribution in [0, 0.1) is 12.8 Å². The van der Waals surface area contributed by atoms with Crippen LogP contribution in [0.2, 0.25) is 0 Å². The van der Waals surface area contributed by atoms with E-state index in [1.54, 1.807) is 13.3 Å². The van der Waals surface area contributed by atoms with E-state index in [4.69, 9.17) is 9.47 Å². The van der Waals surface area contributed by atoms with Gasteiger partial charge in [-0.25, -0.2) is 4.98 Å². The summed E-state index contributed by atoms with van der Waals surface area (Å²) < 4.78 is 11.3. The maximum absolute atomic E-state index is 11.7. The van der Waals surface area contributed by atoms with E-state index >= 15 is 0 Å². The van der Waals surface area contributed by atoms with E-state index in [0.29, 0.717) is 36.9 Å². The third-order valence-electron chi connectivity index (χ3n) is 5.38. The van der Waals surface area contributed by atoms with E-state index < -0.39 is 0 Å². The quantitative estimate of drug-likeness (QED) is 0.738. The third kappa shape index (κ3) is 4.62. The zero-order chi connectivity index (χ0) is 19.4. The molecule has 3 atom stereocenters. The number of hydrogen-bond donors (Lipinski definition) is 0. The number of hydrogen-bond acceptors (Lipinski definition) is 6. The molecule has 1 saturated carbocycles. The smallest absolute Gasteiger partial charge is 0.220 e. The number of aryl methyl sites for hydroxylation is 1. The minimum absolute atomic E-state index is 0.170. The highest BCUT2D eigenvalue weighted by atomic mass is 16.5. The van der Waals surface area contributed by atoms with E-state index in [1.807, 2.05) is 25.3 Å². The highest BCUT2D eigenvalue weighted by molar-refractivity contribution is 5.81. The molecule has 2 aromatic heterocycles. The van der Waals surface area contributed by atoms with Crippen LogP contribution in [0.15, 0.2) is 24.5 Å². The van der Waals surface area contributed by atoms with Crippen molar-refractivity contribution in [2.24, 2.45) is 5.92 Å². The molecule has 0 aliphatic heterocycles. The van der Waals surface area contributed by atoms with Crippen LogP contribution in [0.5, 0.6) is 11.6 Å². The summed E-state index contributed by atoms with van der Waals surface area (Å²) in [5, 5.41) is 0. The van der Waals surface area contributed by atoms with Crippen molar-refractivity contribution in [2.45, 2.75) is 51.9 Å². The van der Waals surface area contributed by atoms with Crippen molar-refractivity contribution in [3.05, 3.63) is 41.6 Å². The third-order valence-corrected chi connectivity index (χ3v) is 5.38. The van der Waals surface area contributed by atoms with Crippen LogP contribution in [0.25, 0.3) is 0 Å². The Labute approximate surface area is 160 Å². The molecule has 3 rings (SSSR count). The first kappa shape index (κ1) is 19.3. The number of aromatic nitrogens is 3. The van der Waals surface area contributed by atoms with Crippen LogP contribution < -0.4 is 9.47 Å². The van der Waals surface area contributed by atoms with Crippen LogP contribution in [0.1, 0.15) is 62.0 Å². The highest BCUT2D eigenvalue weighted by Gasteiger charge is 2.28. The zero-order valence-electron chi connectivity index (χ0n) is 16.4. The molecule has 0 bridgehead atoms. The molecule has 0 spiro atoms. The fourth-order valence-electron chi connectivity index (χ4n) is 3.36. The predicted molar refractivity (Wildman–Crippen MR) is 102 cm³/mol. The van der Waals surface area contributed by atoms with E-state index in [1.165, 1.54) is 0 Å². The van der Waals surface area contributed by atoms with Gasteiger partial charge in [-0.05, 0) is 37.3 Å². The number of rotatable bonds is 7. The van der Waals surface area contributed by atoms with Crippen LogP contribution in [-0.4, -0.2) is 34.5 Å². The van der Waals surface area contributed by atoms with Gasteiger partial charge in [-0.2, -0.15) is 4.98 Å². The molecule has 2 heterocycles. The van der Waals surface area contributed by atoms with Crippen molar-refractivity contribution in [3.63, 3.8) is 0 Å². The van der Waals surface area contributed by atoms with Crippen molar-refractivity contribution < 1.29 is 14.3 Å². The van der Waals surface area contributed by atoms with Gasteiger partial charge in [0.25, 0.3) is 0 Å². The summed E-state index contributed by atoms with van der Waals surface area (Å²) in [6.45, 7) is 6.66. The Bertz CT molecular complexity index is 792. The van der Waals surface area contributed by atoms with Crippen molar-refractivity contribution in [2.75, 3.05) is 13.7 Å². The highest BCUT2D eigenvalue weighted by Crippen LogP contribution is 2.36. The van der Waals surface area contributed by atoms with Gasteiger partial charge in [0.2, 0.25) is 5.88 Å². The molecule has 0 aromatic carbocycles. The Morgan fingerprint density at radius 3 is 2.67 bits per heavy atom. The number of carbonyl (C=O) groups excluding carboxylic acids is 1. The van der Waals surface area contributed by atoms with Gasteiger partial charge >= 0.3 is 0 Å². The summed E-state index contributed by atoms with van der Waals surface area (Å²) in [5.74, 6) is 3.00. The summed E-state index contributed by atoms with van der Waals surface area (Å²) in [7, 11) is 1.63. The van der Waals surface area contributed by atoms with Crippen molar-refractivity contribution in [1.29, 1.82) is 0 Å². The first-order valence-corrected chi connectivity index (χ1v) is 9.46. The molecule has 1 aliphatic rings. The molecule has 0 N–H and O–H groups in total. The lowest BCUT2D eigenvalue weighted by atomic mass is 9.93. The van der Waals surface area contributed by atoms with Crippen LogP contribution in [-0.2, 0) is 4.79 Å². The second-order valence-electron chi connectivity index (χ2n) is 7.36.